The molecule has 0 unspecified atom stereocenters. The number of rotatable bonds is 1. The standard InChI is InChI=1S/C12H12BrN/c1-8(2)12-11-4-3-10(13)7-9(11)5-6-14-12/h3-8H,1-2H3. The minimum Gasteiger partial charge on any atom is -0.260 e. The van der Waals surface area contributed by atoms with Crippen LogP contribution in [0, 0.1) is 0 Å². The van der Waals surface area contributed by atoms with Crippen molar-refractivity contribution in [2.45, 2.75) is 19.8 Å². The summed E-state index contributed by atoms with van der Waals surface area (Å²) in [6.45, 7) is 4.34. The Morgan fingerprint density at radius 2 is 2.00 bits per heavy atom. The first-order chi connectivity index (χ1) is 6.68. The highest BCUT2D eigenvalue weighted by Crippen LogP contribution is 2.25. The highest BCUT2D eigenvalue weighted by atomic mass is 79.9. The molecule has 2 heteroatoms. The SMILES string of the molecule is CC(C)c1nccc2cc(Br)ccc12. The van der Waals surface area contributed by atoms with Crippen molar-refractivity contribution >= 4 is 26.7 Å². The van der Waals surface area contributed by atoms with Crippen LogP contribution < -0.4 is 0 Å². The van der Waals surface area contributed by atoms with Gasteiger partial charge < -0.3 is 0 Å². The normalized spacial score (nSPS) is 11.1. The van der Waals surface area contributed by atoms with E-state index in [2.05, 4.69) is 53.0 Å². The molecular formula is C12H12BrN. The van der Waals surface area contributed by atoms with Gasteiger partial charge in [-0.2, -0.15) is 0 Å². The first kappa shape index (κ1) is 9.66. The van der Waals surface area contributed by atoms with Crippen molar-refractivity contribution < 1.29 is 0 Å². The third-order valence-electron chi connectivity index (χ3n) is 2.30. The summed E-state index contributed by atoms with van der Waals surface area (Å²) in [4.78, 5) is 4.42. The van der Waals surface area contributed by atoms with Gasteiger partial charge in [-0.3, -0.25) is 4.98 Å². The van der Waals surface area contributed by atoms with E-state index < -0.39 is 0 Å². The largest absolute Gasteiger partial charge is 0.260 e. The summed E-state index contributed by atoms with van der Waals surface area (Å²) in [6.07, 6.45) is 1.88. The Morgan fingerprint density at radius 3 is 2.71 bits per heavy atom. The lowest BCUT2D eigenvalue weighted by Crippen LogP contribution is -1.93. The molecule has 0 atom stereocenters. The van der Waals surface area contributed by atoms with Crippen LogP contribution in [0.5, 0.6) is 0 Å². The summed E-state index contributed by atoms with van der Waals surface area (Å²) in [5, 5.41) is 2.50. The molecule has 0 aliphatic heterocycles. The molecule has 1 nitrogen and oxygen atoms in total. The maximum Gasteiger partial charge on any atom is 0.0507 e. The molecule has 0 saturated heterocycles. The van der Waals surface area contributed by atoms with Gasteiger partial charge in [0.2, 0.25) is 0 Å². The van der Waals surface area contributed by atoms with Gasteiger partial charge in [-0.15, -0.1) is 0 Å². The Kier molecular flexibility index (Phi) is 2.55. The molecular weight excluding hydrogens is 238 g/mol. The number of nitrogens with zero attached hydrogens (tertiary/aromatic N) is 1. The van der Waals surface area contributed by atoms with Crippen molar-refractivity contribution in [2.24, 2.45) is 0 Å². The number of aromatic nitrogens is 1. The van der Waals surface area contributed by atoms with Gasteiger partial charge in [-0.05, 0) is 29.5 Å². The van der Waals surface area contributed by atoms with Gasteiger partial charge in [0.05, 0.1) is 5.69 Å². The summed E-state index contributed by atoms with van der Waals surface area (Å²) in [6, 6.07) is 8.37. The van der Waals surface area contributed by atoms with E-state index in [-0.39, 0.29) is 0 Å². The van der Waals surface area contributed by atoms with Crippen molar-refractivity contribution in [3.05, 3.63) is 40.6 Å². The Labute approximate surface area is 92.3 Å². The summed E-state index contributed by atoms with van der Waals surface area (Å²) in [5.74, 6) is 0.472. The van der Waals surface area contributed by atoms with Gasteiger partial charge in [-0.25, -0.2) is 0 Å². The number of pyridine rings is 1. The molecule has 0 amide bonds. The fourth-order valence-corrected chi connectivity index (χ4v) is 2.01. The average molecular weight is 250 g/mol. The molecule has 72 valence electrons. The molecule has 0 radical (unpaired) electrons. The zero-order valence-corrected chi connectivity index (χ0v) is 9.88. The quantitative estimate of drug-likeness (QED) is 0.741. The molecule has 14 heavy (non-hydrogen) atoms. The van der Waals surface area contributed by atoms with Gasteiger partial charge in [0.1, 0.15) is 0 Å². The van der Waals surface area contributed by atoms with Crippen LogP contribution in [0.1, 0.15) is 25.5 Å². The van der Waals surface area contributed by atoms with Crippen molar-refractivity contribution in [2.75, 3.05) is 0 Å². The van der Waals surface area contributed by atoms with Crippen LogP contribution in [0.3, 0.4) is 0 Å². The predicted octanol–water partition coefficient (Wildman–Crippen LogP) is 4.12. The predicted molar refractivity (Wildman–Crippen MR) is 63.5 cm³/mol. The summed E-state index contributed by atoms with van der Waals surface area (Å²) in [7, 11) is 0. The molecule has 0 N–H and O–H groups in total. The van der Waals surface area contributed by atoms with E-state index in [9.17, 15) is 0 Å². The first-order valence-corrected chi connectivity index (χ1v) is 5.52. The van der Waals surface area contributed by atoms with Gasteiger partial charge in [0.25, 0.3) is 0 Å². The summed E-state index contributed by atoms with van der Waals surface area (Å²) < 4.78 is 1.12. The van der Waals surface area contributed by atoms with Crippen molar-refractivity contribution in [3.63, 3.8) is 0 Å². The molecule has 0 fully saturated rings. The number of hydrogen-bond donors (Lipinski definition) is 0. The Balaban J connectivity index is 2.75. The molecule has 0 saturated carbocycles. The molecule has 1 aromatic heterocycles. The maximum absolute atomic E-state index is 4.42. The van der Waals surface area contributed by atoms with Gasteiger partial charge in [0.15, 0.2) is 0 Å². The summed E-state index contributed by atoms with van der Waals surface area (Å²) in [5.41, 5.74) is 1.18. The average Bonchev–Trinajstić information content (AvgIpc) is 2.16. The van der Waals surface area contributed by atoms with Crippen LogP contribution in [-0.4, -0.2) is 4.98 Å². The minimum atomic E-state index is 0.472. The lowest BCUT2D eigenvalue weighted by Gasteiger charge is -2.08. The van der Waals surface area contributed by atoms with Crippen LogP contribution in [0.4, 0.5) is 0 Å². The third kappa shape index (κ3) is 1.67. The van der Waals surface area contributed by atoms with Crippen LogP contribution in [0.25, 0.3) is 10.8 Å². The maximum atomic E-state index is 4.42. The fourth-order valence-electron chi connectivity index (χ4n) is 1.63. The molecule has 1 aromatic carbocycles. The smallest absolute Gasteiger partial charge is 0.0507 e. The second-order valence-electron chi connectivity index (χ2n) is 3.72. The van der Waals surface area contributed by atoms with Crippen LogP contribution in [0.2, 0.25) is 0 Å². The van der Waals surface area contributed by atoms with E-state index in [0.29, 0.717) is 5.92 Å². The van der Waals surface area contributed by atoms with E-state index in [1.807, 2.05) is 12.3 Å². The number of benzene rings is 1. The molecule has 0 aliphatic rings. The molecule has 1 heterocycles. The van der Waals surface area contributed by atoms with Crippen molar-refractivity contribution in [3.8, 4) is 0 Å². The van der Waals surface area contributed by atoms with Crippen LogP contribution in [0.15, 0.2) is 34.9 Å². The van der Waals surface area contributed by atoms with Crippen molar-refractivity contribution in [1.82, 2.24) is 4.98 Å². The molecule has 0 spiro atoms. The zero-order valence-electron chi connectivity index (χ0n) is 8.29. The lowest BCUT2D eigenvalue weighted by molar-refractivity contribution is 0.834. The summed E-state index contributed by atoms with van der Waals surface area (Å²) >= 11 is 3.47. The van der Waals surface area contributed by atoms with Crippen LogP contribution in [-0.2, 0) is 0 Å². The molecule has 2 rings (SSSR count). The Bertz CT molecular complexity index is 463. The van der Waals surface area contributed by atoms with E-state index in [4.69, 9.17) is 0 Å². The number of fused-ring (bicyclic) bond motifs is 1. The van der Waals surface area contributed by atoms with E-state index in [0.717, 1.165) is 4.47 Å². The van der Waals surface area contributed by atoms with E-state index >= 15 is 0 Å². The topological polar surface area (TPSA) is 12.9 Å². The second kappa shape index (κ2) is 3.70. The lowest BCUT2D eigenvalue weighted by atomic mass is 10.0. The van der Waals surface area contributed by atoms with Crippen LogP contribution >= 0.6 is 15.9 Å². The second-order valence-corrected chi connectivity index (χ2v) is 4.63. The van der Waals surface area contributed by atoms with Gasteiger partial charge in [0, 0.05) is 16.1 Å². The van der Waals surface area contributed by atoms with E-state index in [1.54, 1.807) is 0 Å². The van der Waals surface area contributed by atoms with E-state index in [1.165, 1.54) is 16.5 Å². The van der Waals surface area contributed by atoms with Gasteiger partial charge in [-0.1, -0.05) is 35.8 Å². The van der Waals surface area contributed by atoms with Crippen molar-refractivity contribution in [1.29, 1.82) is 0 Å². The Hall–Kier alpha value is -0.890. The highest BCUT2D eigenvalue weighted by molar-refractivity contribution is 9.10. The molecule has 0 aliphatic carbocycles. The van der Waals surface area contributed by atoms with Gasteiger partial charge >= 0.3 is 0 Å². The zero-order chi connectivity index (χ0) is 10.1. The first-order valence-electron chi connectivity index (χ1n) is 4.72. The number of halogens is 1. The fraction of sp³-hybridized carbons (Fsp3) is 0.250. The molecule has 2 aromatic rings. The minimum absolute atomic E-state index is 0.472. The Morgan fingerprint density at radius 1 is 1.21 bits per heavy atom. The molecule has 0 bridgehead atoms. The number of hydrogen-bond acceptors (Lipinski definition) is 1. The monoisotopic (exact) mass is 249 g/mol. The third-order valence-corrected chi connectivity index (χ3v) is 2.80. The highest BCUT2D eigenvalue weighted by Gasteiger charge is 2.05.